The molecule has 0 aliphatic carbocycles. The molecule has 0 heterocycles. The van der Waals surface area contributed by atoms with Crippen LogP contribution < -0.4 is 21.3 Å². The summed E-state index contributed by atoms with van der Waals surface area (Å²) in [6.07, 6.45) is 0. The van der Waals surface area contributed by atoms with Crippen molar-refractivity contribution in [3.63, 3.8) is 0 Å². The Morgan fingerprint density at radius 2 is 0.647 bits per heavy atom. The van der Waals surface area contributed by atoms with Crippen molar-refractivity contribution in [3.05, 3.63) is 107 Å². The Bertz CT molecular complexity index is 1170. The summed E-state index contributed by atoms with van der Waals surface area (Å²) >= 11 is 11.7. The van der Waals surface area contributed by atoms with E-state index in [1.807, 2.05) is 48.5 Å². The monoisotopic (exact) mass is 490 g/mol. The molecule has 4 aromatic carbocycles. The Morgan fingerprint density at radius 1 is 0.412 bits per heavy atom. The van der Waals surface area contributed by atoms with Gasteiger partial charge in [0.15, 0.2) is 0 Å². The predicted octanol–water partition coefficient (Wildman–Crippen LogP) is 7.95. The first-order valence-corrected chi connectivity index (χ1v) is 11.1. The molecule has 170 valence electrons. The first-order valence-electron chi connectivity index (χ1n) is 10.3. The van der Waals surface area contributed by atoms with Crippen LogP contribution in [0.2, 0.25) is 10.0 Å². The topological polar surface area (TPSA) is 82.3 Å². The quantitative estimate of drug-likeness (QED) is 0.229. The molecule has 0 radical (unpaired) electrons. The number of carbonyl (C=O) groups is 2. The summed E-state index contributed by atoms with van der Waals surface area (Å²) in [7, 11) is 0. The highest BCUT2D eigenvalue weighted by Crippen LogP contribution is 2.24. The van der Waals surface area contributed by atoms with E-state index in [1.165, 1.54) is 0 Å². The van der Waals surface area contributed by atoms with Crippen LogP contribution in [0.4, 0.5) is 32.3 Å². The highest BCUT2D eigenvalue weighted by atomic mass is 35.5. The number of hydrogen-bond donors (Lipinski definition) is 4. The lowest BCUT2D eigenvalue weighted by molar-refractivity contribution is 0.261. The molecule has 4 rings (SSSR count). The van der Waals surface area contributed by atoms with E-state index in [2.05, 4.69) is 21.3 Å². The standard InChI is InChI=1S/C26H20Cl2N4O2/c27-19-5-13-23(14-6-19)31-25(33)29-21-9-1-17(2-10-21)18-3-11-22(12-4-18)30-26(34)32-24-15-7-20(28)8-16-24/h1-16H,(H2,29,31,33)(H2,30,32,34). The number of amides is 4. The minimum Gasteiger partial charge on any atom is -0.308 e. The van der Waals surface area contributed by atoms with Gasteiger partial charge in [-0.15, -0.1) is 0 Å². The van der Waals surface area contributed by atoms with Gasteiger partial charge in [0, 0.05) is 32.8 Å². The second kappa shape index (κ2) is 10.7. The van der Waals surface area contributed by atoms with E-state index in [0.29, 0.717) is 32.8 Å². The Morgan fingerprint density at radius 3 is 0.912 bits per heavy atom. The number of benzene rings is 4. The van der Waals surface area contributed by atoms with Gasteiger partial charge in [0.2, 0.25) is 0 Å². The van der Waals surface area contributed by atoms with Crippen molar-refractivity contribution in [2.24, 2.45) is 0 Å². The van der Waals surface area contributed by atoms with Crippen molar-refractivity contribution in [2.45, 2.75) is 0 Å². The predicted molar refractivity (Wildman–Crippen MR) is 140 cm³/mol. The summed E-state index contributed by atoms with van der Waals surface area (Å²) in [5, 5.41) is 12.3. The van der Waals surface area contributed by atoms with E-state index in [4.69, 9.17) is 23.2 Å². The van der Waals surface area contributed by atoms with Gasteiger partial charge in [0.1, 0.15) is 0 Å². The SMILES string of the molecule is O=C(Nc1ccc(Cl)cc1)Nc1ccc(-c2ccc(NC(=O)Nc3ccc(Cl)cc3)cc2)cc1. The molecular weight excluding hydrogens is 471 g/mol. The molecule has 0 aliphatic heterocycles. The van der Waals surface area contributed by atoms with Crippen LogP contribution in [0.5, 0.6) is 0 Å². The fourth-order valence-electron chi connectivity index (χ4n) is 3.15. The van der Waals surface area contributed by atoms with Crippen LogP contribution >= 0.6 is 23.2 Å². The Hall–Kier alpha value is -4.00. The van der Waals surface area contributed by atoms with Crippen LogP contribution in [0.1, 0.15) is 0 Å². The Kier molecular flexibility index (Phi) is 7.32. The van der Waals surface area contributed by atoms with Crippen molar-refractivity contribution in [3.8, 4) is 11.1 Å². The van der Waals surface area contributed by atoms with Gasteiger partial charge in [0.25, 0.3) is 0 Å². The van der Waals surface area contributed by atoms with Crippen LogP contribution in [-0.4, -0.2) is 12.1 Å². The highest BCUT2D eigenvalue weighted by Gasteiger charge is 2.06. The van der Waals surface area contributed by atoms with Gasteiger partial charge in [-0.1, -0.05) is 47.5 Å². The van der Waals surface area contributed by atoms with Crippen molar-refractivity contribution in [1.29, 1.82) is 0 Å². The second-order valence-electron chi connectivity index (χ2n) is 7.33. The molecule has 0 fully saturated rings. The fourth-order valence-corrected chi connectivity index (χ4v) is 3.40. The average Bonchev–Trinajstić information content (AvgIpc) is 2.83. The third-order valence-corrected chi connectivity index (χ3v) is 5.33. The van der Waals surface area contributed by atoms with Gasteiger partial charge in [-0.05, 0) is 83.9 Å². The van der Waals surface area contributed by atoms with Crippen molar-refractivity contribution in [2.75, 3.05) is 21.3 Å². The molecule has 4 amide bonds. The molecule has 0 unspecified atom stereocenters. The fraction of sp³-hybridized carbons (Fsp3) is 0. The summed E-state index contributed by atoms with van der Waals surface area (Å²) in [6, 6.07) is 28.0. The number of urea groups is 2. The number of nitrogens with one attached hydrogen (secondary N) is 4. The minimum atomic E-state index is -0.345. The molecule has 34 heavy (non-hydrogen) atoms. The zero-order chi connectivity index (χ0) is 23.9. The first-order chi connectivity index (χ1) is 16.4. The second-order valence-corrected chi connectivity index (χ2v) is 8.20. The van der Waals surface area contributed by atoms with E-state index in [9.17, 15) is 9.59 Å². The summed E-state index contributed by atoms with van der Waals surface area (Å²) in [4.78, 5) is 24.4. The smallest absolute Gasteiger partial charge is 0.308 e. The normalized spacial score (nSPS) is 10.3. The minimum absolute atomic E-state index is 0.345. The average molecular weight is 491 g/mol. The lowest BCUT2D eigenvalue weighted by Crippen LogP contribution is -2.19. The lowest BCUT2D eigenvalue weighted by atomic mass is 10.1. The van der Waals surface area contributed by atoms with Gasteiger partial charge in [-0.25, -0.2) is 9.59 Å². The van der Waals surface area contributed by atoms with E-state index < -0.39 is 0 Å². The number of rotatable bonds is 5. The zero-order valence-electron chi connectivity index (χ0n) is 17.8. The van der Waals surface area contributed by atoms with Gasteiger partial charge >= 0.3 is 12.1 Å². The number of halogens is 2. The number of hydrogen-bond acceptors (Lipinski definition) is 2. The van der Waals surface area contributed by atoms with Crippen LogP contribution in [0.3, 0.4) is 0 Å². The largest absolute Gasteiger partial charge is 0.323 e. The van der Waals surface area contributed by atoms with Crippen LogP contribution in [0.15, 0.2) is 97.1 Å². The van der Waals surface area contributed by atoms with Gasteiger partial charge in [-0.2, -0.15) is 0 Å². The van der Waals surface area contributed by atoms with Crippen molar-refractivity contribution >= 4 is 58.0 Å². The third-order valence-electron chi connectivity index (χ3n) is 4.82. The maximum atomic E-state index is 12.2. The zero-order valence-corrected chi connectivity index (χ0v) is 19.3. The molecule has 0 aromatic heterocycles. The molecule has 0 saturated heterocycles. The summed E-state index contributed by atoms with van der Waals surface area (Å²) < 4.78 is 0. The third kappa shape index (κ3) is 6.51. The molecule has 0 spiro atoms. The maximum absolute atomic E-state index is 12.2. The van der Waals surface area contributed by atoms with Crippen molar-refractivity contribution in [1.82, 2.24) is 0 Å². The summed E-state index contributed by atoms with van der Waals surface area (Å²) in [5.41, 5.74) is 4.56. The molecule has 8 heteroatoms. The molecule has 0 saturated carbocycles. The number of carbonyl (C=O) groups excluding carboxylic acids is 2. The van der Waals surface area contributed by atoms with Crippen molar-refractivity contribution < 1.29 is 9.59 Å². The van der Waals surface area contributed by atoms with E-state index in [0.717, 1.165) is 11.1 Å². The van der Waals surface area contributed by atoms with E-state index in [1.54, 1.807) is 48.5 Å². The van der Waals surface area contributed by atoms with Crippen LogP contribution in [0.25, 0.3) is 11.1 Å². The Labute approximate surface area is 206 Å². The molecular formula is C26H20Cl2N4O2. The molecule has 4 N–H and O–H groups in total. The maximum Gasteiger partial charge on any atom is 0.323 e. The Balaban J connectivity index is 1.31. The molecule has 0 aliphatic rings. The lowest BCUT2D eigenvalue weighted by Gasteiger charge is -2.10. The first kappa shape index (κ1) is 23.2. The molecule has 4 aromatic rings. The van der Waals surface area contributed by atoms with Crippen LogP contribution in [0, 0.1) is 0 Å². The highest BCUT2D eigenvalue weighted by molar-refractivity contribution is 6.31. The molecule has 0 atom stereocenters. The number of anilines is 4. The van der Waals surface area contributed by atoms with E-state index >= 15 is 0 Å². The molecule has 6 nitrogen and oxygen atoms in total. The summed E-state index contributed by atoms with van der Waals surface area (Å²) in [6.45, 7) is 0. The van der Waals surface area contributed by atoms with Gasteiger partial charge in [0.05, 0.1) is 0 Å². The summed E-state index contributed by atoms with van der Waals surface area (Å²) in [5.74, 6) is 0. The van der Waals surface area contributed by atoms with Gasteiger partial charge in [-0.3, -0.25) is 0 Å². The van der Waals surface area contributed by atoms with Gasteiger partial charge < -0.3 is 21.3 Å². The molecule has 0 bridgehead atoms. The van der Waals surface area contributed by atoms with Crippen LogP contribution in [-0.2, 0) is 0 Å². The van der Waals surface area contributed by atoms with E-state index in [-0.39, 0.29) is 12.1 Å².